The first-order valence-corrected chi connectivity index (χ1v) is 10.2. The summed E-state index contributed by atoms with van der Waals surface area (Å²) < 4.78 is 25.1. The van der Waals surface area contributed by atoms with Crippen molar-refractivity contribution < 1.29 is 23.5 Å². The van der Waals surface area contributed by atoms with Crippen molar-refractivity contribution in [1.29, 1.82) is 0 Å². The van der Waals surface area contributed by atoms with Crippen LogP contribution in [0.2, 0.25) is 0 Å². The normalized spacial score (nSPS) is 15.6. The third kappa shape index (κ3) is 3.98. The average Bonchev–Trinajstić information content (AvgIpc) is 3.49. The van der Waals surface area contributed by atoms with E-state index >= 15 is 0 Å². The number of halogens is 1. The largest absolute Gasteiger partial charge is 0.454 e. The van der Waals surface area contributed by atoms with E-state index in [0.29, 0.717) is 48.7 Å². The number of aromatic nitrogens is 3. The molecule has 2 aliphatic rings. The molecule has 0 aliphatic carbocycles. The second-order valence-electron chi connectivity index (χ2n) is 7.63. The van der Waals surface area contributed by atoms with Crippen molar-refractivity contribution in [1.82, 2.24) is 25.2 Å². The van der Waals surface area contributed by atoms with Gasteiger partial charge in [-0.15, -0.1) is 5.10 Å². The van der Waals surface area contributed by atoms with Gasteiger partial charge in [-0.25, -0.2) is 9.07 Å². The molecule has 2 aliphatic heterocycles. The van der Waals surface area contributed by atoms with Crippen LogP contribution in [0.1, 0.15) is 33.7 Å². The summed E-state index contributed by atoms with van der Waals surface area (Å²) in [5.74, 6) is 0.435. The number of hydrogen-bond donors (Lipinski definition) is 1. The molecule has 3 heterocycles. The number of carbonyl (C=O) groups excluding carboxylic acids is 2. The number of benzene rings is 2. The monoisotopic (exact) mass is 437 g/mol. The Morgan fingerprint density at radius 3 is 2.56 bits per heavy atom. The van der Waals surface area contributed by atoms with E-state index in [1.54, 1.807) is 35.2 Å². The number of ether oxygens (including phenoxy) is 2. The zero-order chi connectivity index (χ0) is 22.1. The van der Waals surface area contributed by atoms with Gasteiger partial charge in [0, 0.05) is 24.7 Å². The zero-order valence-corrected chi connectivity index (χ0v) is 17.0. The summed E-state index contributed by atoms with van der Waals surface area (Å²) in [6.45, 7) is 1.15. The zero-order valence-electron chi connectivity index (χ0n) is 17.0. The van der Waals surface area contributed by atoms with Crippen molar-refractivity contribution in [2.75, 3.05) is 19.9 Å². The molecule has 10 heteroatoms. The highest BCUT2D eigenvalue weighted by Crippen LogP contribution is 2.32. The van der Waals surface area contributed by atoms with Gasteiger partial charge in [-0.1, -0.05) is 5.21 Å². The van der Waals surface area contributed by atoms with E-state index in [4.69, 9.17) is 9.47 Å². The molecule has 1 N–H and O–H groups in total. The fraction of sp³-hybridized carbons (Fsp3) is 0.273. The summed E-state index contributed by atoms with van der Waals surface area (Å²) in [5.41, 5.74) is 1.34. The number of amides is 2. The number of hydrogen-bond acceptors (Lipinski definition) is 6. The lowest BCUT2D eigenvalue weighted by atomic mass is 10.0. The lowest BCUT2D eigenvalue weighted by Crippen LogP contribution is -2.46. The first-order valence-electron chi connectivity index (χ1n) is 10.2. The molecule has 1 saturated heterocycles. The van der Waals surface area contributed by atoms with Crippen molar-refractivity contribution in [3.63, 3.8) is 0 Å². The highest BCUT2D eigenvalue weighted by molar-refractivity contribution is 5.95. The molecule has 32 heavy (non-hydrogen) atoms. The van der Waals surface area contributed by atoms with Gasteiger partial charge in [-0.3, -0.25) is 9.59 Å². The lowest BCUT2D eigenvalue weighted by molar-refractivity contribution is 0.0692. The summed E-state index contributed by atoms with van der Waals surface area (Å²) in [5, 5.41) is 10.9. The Kier molecular flexibility index (Phi) is 5.18. The molecular weight excluding hydrogens is 417 g/mol. The van der Waals surface area contributed by atoms with E-state index in [9.17, 15) is 14.0 Å². The Balaban J connectivity index is 1.16. The average molecular weight is 437 g/mol. The van der Waals surface area contributed by atoms with Crippen molar-refractivity contribution in [3.05, 3.63) is 65.7 Å². The molecule has 0 atom stereocenters. The molecule has 0 spiro atoms. The highest BCUT2D eigenvalue weighted by atomic mass is 19.1. The second-order valence-corrected chi connectivity index (χ2v) is 7.63. The van der Waals surface area contributed by atoms with Crippen LogP contribution in [0.4, 0.5) is 4.39 Å². The number of nitrogens with zero attached hydrogens (tertiary/aromatic N) is 4. The Bertz CT molecular complexity index is 1160. The van der Waals surface area contributed by atoms with Crippen LogP contribution in [0, 0.1) is 5.82 Å². The maximum Gasteiger partial charge on any atom is 0.276 e. The molecule has 2 amide bonds. The lowest BCUT2D eigenvalue weighted by Gasteiger charge is -2.31. The van der Waals surface area contributed by atoms with Crippen LogP contribution in [0.3, 0.4) is 0 Å². The first-order chi connectivity index (χ1) is 15.6. The van der Waals surface area contributed by atoms with E-state index in [-0.39, 0.29) is 36.2 Å². The maximum absolute atomic E-state index is 13.1. The molecular formula is C22H20FN5O4. The van der Waals surface area contributed by atoms with Crippen LogP contribution in [0.25, 0.3) is 5.69 Å². The van der Waals surface area contributed by atoms with Gasteiger partial charge in [0.05, 0.1) is 11.9 Å². The topological polar surface area (TPSA) is 98.6 Å². The Morgan fingerprint density at radius 2 is 1.78 bits per heavy atom. The van der Waals surface area contributed by atoms with Crippen LogP contribution in [0.5, 0.6) is 11.5 Å². The highest BCUT2D eigenvalue weighted by Gasteiger charge is 2.27. The molecule has 2 aromatic carbocycles. The summed E-state index contributed by atoms with van der Waals surface area (Å²) in [6.07, 6.45) is 2.80. The fourth-order valence-corrected chi connectivity index (χ4v) is 3.78. The second kappa shape index (κ2) is 8.29. The summed E-state index contributed by atoms with van der Waals surface area (Å²) in [7, 11) is 0. The molecule has 1 fully saturated rings. The van der Waals surface area contributed by atoms with Crippen molar-refractivity contribution >= 4 is 11.8 Å². The summed E-state index contributed by atoms with van der Waals surface area (Å²) in [4.78, 5) is 27.1. The van der Waals surface area contributed by atoms with E-state index in [0.717, 1.165) is 0 Å². The minimum absolute atomic E-state index is 0.0353. The molecule has 9 nitrogen and oxygen atoms in total. The van der Waals surface area contributed by atoms with Gasteiger partial charge in [0.25, 0.3) is 11.8 Å². The molecule has 0 unspecified atom stereocenters. The first kappa shape index (κ1) is 20.0. The molecule has 1 aromatic heterocycles. The summed E-state index contributed by atoms with van der Waals surface area (Å²) in [6, 6.07) is 10.8. The molecule has 5 rings (SSSR count). The Hall–Kier alpha value is -3.95. The molecule has 0 radical (unpaired) electrons. The molecule has 3 aromatic rings. The molecule has 0 saturated carbocycles. The van der Waals surface area contributed by atoms with E-state index in [1.165, 1.54) is 23.0 Å². The number of fused-ring (bicyclic) bond motifs is 1. The maximum atomic E-state index is 13.1. The Labute approximate surface area is 182 Å². The van der Waals surface area contributed by atoms with Crippen LogP contribution in [-0.4, -0.2) is 57.6 Å². The van der Waals surface area contributed by atoms with Gasteiger partial charge >= 0.3 is 0 Å². The van der Waals surface area contributed by atoms with Crippen LogP contribution in [-0.2, 0) is 0 Å². The van der Waals surface area contributed by atoms with Crippen LogP contribution in [0.15, 0.2) is 48.7 Å². The van der Waals surface area contributed by atoms with Gasteiger partial charge in [0.2, 0.25) is 6.79 Å². The van der Waals surface area contributed by atoms with Crippen LogP contribution < -0.4 is 14.8 Å². The number of nitrogens with one attached hydrogen (secondary N) is 1. The number of carbonyl (C=O) groups is 2. The minimum Gasteiger partial charge on any atom is -0.454 e. The molecule has 164 valence electrons. The summed E-state index contributed by atoms with van der Waals surface area (Å²) >= 11 is 0. The van der Waals surface area contributed by atoms with Crippen molar-refractivity contribution in [2.45, 2.75) is 18.9 Å². The SMILES string of the molecule is O=C(NC1CCN(C(=O)c2cn(-c3ccc(F)cc3)nn2)CC1)c1ccc2c(c1)OCO2. The smallest absolute Gasteiger partial charge is 0.276 e. The van der Waals surface area contributed by atoms with Gasteiger partial charge in [-0.2, -0.15) is 0 Å². The standard InChI is InChI=1S/C22H20FN5O4/c23-15-2-4-17(5-3-15)28-12-18(25-26-28)22(30)27-9-7-16(8-10-27)24-21(29)14-1-6-19-20(11-14)32-13-31-19/h1-6,11-12,16H,7-10,13H2,(H,24,29). The van der Waals surface area contributed by atoms with Crippen LogP contribution >= 0.6 is 0 Å². The third-order valence-corrected chi connectivity index (χ3v) is 5.56. The minimum atomic E-state index is -0.348. The van der Waals surface area contributed by atoms with Gasteiger partial charge < -0.3 is 19.7 Å². The fourth-order valence-electron chi connectivity index (χ4n) is 3.78. The van der Waals surface area contributed by atoms with Gasteiger partial charge in [-0.05, 0) is 55.3 Å². The van der Waals surface area contributed by atoms with Gasteiger partial charge in [0.15, 0.2) is 17.2 Å². The van der Waals surface area contributed by atoms with Crippen molar-refractivity contribution in [3.8, 4) is 17.2 Å². The van der Waals surface area contributed by atoms with E-state index < -0.39 is 0 Å². The number of piperidine rings is 1. The predicted molar refractivity (Wildman–Crippen MR) is 110 cm³/mol. The molecule has 0 bridgehead atoms. The van der Waals surface area contributed by atoms with E-state index in [2.05, 4.69) is 15.6 Å². The predicted octanol–water partition coefficient (Wildman–Crippen LogP) is 2.17. The van der Waals surface area contributed by atoms with Crippen molar-refractivity contribution in [2.24, 2.45) is 0 Å². The number of rotatable bonds is 4. The Morgan fingerprint density at radius 1 is 1.03 bits per heavy atom. The third-order valence-electron chi connectivity index (χ3n) is 5.56. The van der Waals surface area contributed by atoms with Gasteiger partial charge in [0.1, 0.15) is 5.82 Å². The van der Waals surface area contributed by atoms with E-state index in [1.807, 2.05) is 0 Å². The number of likely N-dealkylation sites (tertiary alicyclic amines) is 1. The quantitative estimate of drug-likeness (QED) is 0.672.